The van der Waals surface area contributed by atoms with E-state index in [1.165, 1.54) is 31.5 Å². The first-order valence-corrected chi connectivity index (χ1v) is 6.57. The fraction of sp³-hybridized carbons (Fsp3) is 0.769. The van der Waals surface area contributed by atoms with Crippen molar-refractivity contribution < 1.29 is 0 Å². The van der Waals surface area contributed by atoms with E-state index in [9.17, 15) is 0 Å². The minimum atomic E-state index is 0.439. The van der Waals surface area contributed by atoms with Gasteiger partial charge in [0.05, 0.1) is 0 Å². The lowest BCUT2D eigenvalue weighted by molar-refractivity contribution is 0.516. The van der Waals surface area contributed by atoms with E-state index in [4.69, 9.17) is 5.73 Å². The molecule has 0 saturated heterocycles. The predicted octanol–water partition coefficient (Wildman–Crippen LogP) is 2.35. The molecule has 1 unspecified atom stereocenters. The monoisotopic (exact) mass is 221 g/mol. The normalized spacial score (nSPS) is 17.6. The highest BCUT2D eigenvalue weighted by atomic mass is 15.1. The lowest BCUT2D eigenvalue weighted by Gasteiger charge is -2.10. The van der Waals surface area contributed by atoms with Gasteiger partial charge in [0.1, 0.15) is 5.82 Å². The van der Waals surface area contributed by atoms with Crippen molar-refractivity contribution in [3.8, 4) is 0 Å². The summed E-state index contributed by atoms with van der Waals surface area (Å²) >= 11 is 0. The molecule has 3 heteroatoms. The average Bonchev–Trinajstić information content (AvgIpc) is 3.03. The molecule has 1 aliphatic carbocycles. The zero-order valence-electron chi connectivity index (χ0n) is 10.2. The smallest absolute Gasteiger partial charge is 0.108 e. The molecule has 0 spiro atoms. The van der Waals surface area contributed by atoms with E-state index >= 15 is 0 Å². The molecule has 90 valence electrons. The number of rotatable bonds is 7. The number of nitrogens with zero attached hydrogens (tertiary/aromatic N) is 2. The van der Waals surface area contributed by atoms with Gasteiger partial charge >= 0.3 is 0 Å². The molecule has 0 amide bonds. The fourth-order valence-corrected chi connectivity index (χ4v) is 2.27. The third-order valence-electron chi connectivity index (χ3n) is 3.43. The molecule has 3 nitrogen and oxygen atoms in total. The predicted molar refractivity (Wildman–Crippen MR) is 66.2 cm³/mol. The van der Waals surface area contributed by atoms with Crippen LogP contribution >= 0.6 is 0 Å². The van der Waals surface area contributed by atoms with Gasteiger partial charge in [0.15, 0.2) is 0 Å². The van der Waals surface area contributed by atoms with Crippen molar-refractivity contribution in [1.29, 1.82) is 0 Å². The first kappa shape index (κ1) is 11.6. The van der Waals surface area contributed by atoms with Crippen LogP contribution in [0.5, 0.6) is 0 Å². The number of hydrogen-bond donors (Lipinski definition) is 1. The van der Waals surface area contributed by atoms with E-state index in [0.29, 0.717) is 6.04 Å². The van der Waals surface area contributed by atoms with Gasteiger partial charge in [-0.05, 0) is 38.0 Å². The molecule has 1 heterocycles. The molecule has 1 fully saturated rings. The Balaban J connectivity index is 1.73. The van der Waals surface area contributed by atoms with Crippen molar-refractivity contribution in [3.05, 3.63) is 18.2 Å². The van der Waals surface area contributed by atoms with Crippen molar-refractivity contribution in [1.82, 2.24) is 9.55 Å². The Labute approximate surface area is 98.1 Å². The molecule has 2 N–H and O–H groups in total. The van der Waals surface area contributed by atoms with Crippen LogP contribution in [0.2, 0.25) is 0 Å². The molecule has 1 aromatic rings. The van der Waals surface area contributed by atoms with Crippen molar-refractivity contribution in [3.63, 3.8) is 0 Å². The quantitative estimate of drug-likeness (QED) is 0.768. The van der Waals surface area contributed by atoms with Crippen LogP contribution < -0.4 is 5.73 Å². The highest BCUT2D eigenvalue weighted by Crippen LogP contribution is 2.33. The van der Waals surface area contributed by atoms with Gasteiger partial charge in [-0.25, -0.2) is 4.98 Å². The van der Waals surface area contributed by atoms with E-state index < -0.39 is 0 Å². The summed E-state index contributed by atoms with van der Waals surface area (Å²) in [5.41, 5.74) is 6.09. The fourth-order valence-electron chi connectivity index (χ4n) is 2.27. The molecular formula is C13H23N3. The average molecular weight is 221 g/mol. The first-order chi connectivity index (χ1) is 7.81. The molecule has 1 atom stereocenters. The Kier molecular flexibility index (Phi) is 3.99. The molecule has 1 aromatic heterocycles. The van der Waals surface area contributed by atoms with E-state index in [0.717, 1.165) is 25.3 Å². The maximum atomic E-state index is 6.09. The minimum absolute atomic E-state index is 0.439. The van der Waals surface area contributed by atoms with Crippen LogP contribution in [-0.4, -0.2) is 15.6 Å². The van der Waals surface area contributed by atoms with Crippen LogP contribution in [0, 0.1) is 5.92 Å². The van der Waals surface area contributed by atoms with E-state index in [1.807, 2.05) is 6.20 Å². The van der Waals surface area contributed by atoms with E-state index in [-0.39, 0.29) is 0 Å². The van der Waals surface area contributed by atoms with Crippen molar-refractivity contribution >= 4 is 0 Å². The Morgan fingerprint density at radius 3 is 3.06 bits per heavy atom. The maximum absolute atomic E-state index is 6.09. The summed E-state index contributed by atoms with van der Waals surface area (Å²) in [5, 5.41) is 0. The maximum Gasteiger partial charge on any atom is 0.108 e. The summed E-state index contributed by atoms with van der Waals surface area (Å²) in [4.78, 5) is 4.41. The zero-order valence-corrected chi connectivity index (χ0v) is 10.2. The molecule has 0 radical (unpaired) electrons. The zero-order chi connectivity index (χ0) is 11.4. The molecule has 1 aliphatic rings. The molecular weight excluding hydrogens is 198 g/mol. The topological polar surface area (TPSA) is 43.8 Å². The second kappa shape index (κ2) is 5.48. The van der Waals surface area contributed by atoms with Gasteiger partial charge in [0, 0.05) is 31.4 Å². The molecule has 1 saturated carbocycles. The molecule has 16 heavy (non-hydrogen) atoms. The summed E-state index contributed by atoms with van der Waals surface area (Å²) < 4.78 is 2.27. The SMILES string of the molecule is CCCn1ccnc1CCCC(N)C1CC1. The third-order valence-corrected chi connectivity index (χ3v) is 3.43. The number of aromatic nitrogens is 2. The Bertz CT molecular complexity index is 315. The van der Waals surface area contributed by atoms with Crippen LogP contribution in [0.1, 0.15) is 44.9 Å². The molecule has 2 rings (SSSR count). The lowest BCUT2D eigenvalue weighted by Crippen LogP contribution is -2.22. The van der Waals surface area contributed by atoms with Crippen LogP contribution in [0.15, 0.2) is 12.4 Å². The van der Waals surface area contributed by atoms with Crippen molar-refractivity contribution in [2.24, 2.45) is 11.7 Å². The first-order valence-electron chi connectivity index (χ1n) is 6.57. The number of imidazole rings is 1. The summed E-state index contributed by atoms with van der Waals surface area (Å²) in [6, 6.07) is 0.439. The highest BCUT2D eigenvalue weighted by Gasteiger charge is 2.27. The Hall–Kier alpha value is -0.830. The number of nitrogens with two attached hydrogens (primary N) is 1. The third kappa shape index (κ3) is 3.08. The summed E-state index contributed by atoms with van der Waals surface area (Å²) in [7, 11) is 0. The Morgan fingerprint density at radius 1 is 1.56 bits per heavy atom. The van der Waals surface area contributed by atoms with Gasteiger partial charge in [0.25, 0.3) is 0 Å². The highest BCUT2D eigenvalue weighted by molar-refractivity contribution is 4.93. The van der Waals surface area contributed by atoms with Gasteiger partial charge in [-0.1, -0.05) is 6.92 Å². The van der Waals surface area contributed by atoms with Gasteiger partial charge in [-0.3, -0.25) is 0 Å². The Morgan fingerprint density at radius 2 is 2.38 bits per heavy atom. The number of aryl methyl sites for hydroxylation is 2. The van der Waals surface area contributed by atoms with E-state index in [1.54, 1.807) is 0 Å². The summed E-state index contributed by atoms with van der Waals surface area (Å²) in [6.07, 6.45) is 11.3. The molecule has 0 bridgehead atoms. The van der Waals surface area contributed by atoms with Crippen LogP contribution in [0.25, 0.3) is 0 Å². The molecule has 0 aromatic carbocycles. The van der Waals surface area contributed by atoms with Crippen molar-refractivity contribution in [2.45, 2.75) is 58.0 Å². The van der Waals surface area contributed by atoms with Crippen LogP contribution in [0.3, 0.4) is 0 Å². The second-order valence-electron chi connectivity index (χ2n) is 4.93. The minimum Gasteiger partial charge on any atom is -0.335 e. The standard InChI is InChI=1S/C13H23N3/c1-2-9-16-10-8-15-13(16)5-3-4-12(14)11-6-7-11/h8,10-12H,2-7,9,14H2,1H3. The van der Waals surface area contributed by atoms with Crippen LogP contribution in [-0.2, 0) is 13.0 Å². The van der Waals surface area contributed by atoms with Gasteiger partial charge in [0.2, 0.25) is 0 Å². The van der Waals surface area contributed by atoms with E-state index in [2.05, 4.69) is 22.7 Å². The van der Waals surface area contributed by atoms with Gasteiger partial charge in [-0.15, -0.1) is 0 Å². The summed E-state index contributed by atoms with van der Waals surface area (Å²) in [5.74, 6) is 2.06. The lowest BCUT2D eigenvalue weighted by atomic mass is 10.1. The second-order valence-corrected chi connectivity index (χ2v) is 4.93. The largest absolute Gasteiger partial charge is 0.335 e. The molecule has 0 aliphatic heterocycles. The summed E-state index contributed by atoms with van der Waals surface area (Å²) in [6.45, 7) is 3.29. The van der Waals surface area contributed by atoms with Gasteiger partial charge < -0.3 is 10.3 Å². The van der Waals surface area contributed by atoms with Gasteiger partial charge in [-0.2, -0.15) is 0 Å². The number of hydrogen-bond acceptors (Lipinski definition) is 2. The van der Waals surface area contributed by atoms with Crippen molar-refractivity contribution in [2.75, 3.05) is 0 Å². The van der Waals surface area contributed by atoms with Crippen LogP contribution in [0.4, 0.5) is 0 Å².